The predicted octanol–water partition coefficient (Wildman–Crippen LogP) is 6.64. The van der Waals surface area contributed by atoms with E-state index in [1.54, 1.807) is 17.4 Å². The maximum Gasteiger partial charge on any atom is 0.318 e. The first-order valence-corrected chi connectivity index (χ1v) is 18.6. The molecule has 2 atom stereocenters. The predicted molar refractivity (Wildman–Crippen MR) is 194 cm³/mol. The van der Waals surface area contributed by atoms with Gasteiger partial charge in [0.1, 0.15) is 6.04 Å². The third-order valence-electron chi connectivity index (χ3n) is 10.3. The number of pyridine rings is 1. The monoisotopic (exact) mass is 743 g/mol. The highest BCUT2D eigenvalue weighted by molar-refractivity contribution is 9.10. The fourth-order valence-corrected chi connectivity index (χ4v) is 8.29. The minimum Gasteiger partial charge on any atom is -0.336 e. The van der Waals surface area contributed by atoms with Crippen molar-refractivity contribution in [2.24, 2.45) is 0 Å². The molecule has 1 aliphatic heterocycles. The average Bonchev–Trinajstić information content (AvgIpc) is 3.59. The number of piperazine rings is 1. The molecule has 9 nitrogen and oxygen atoms in total. The maximum atomic E-state index is 15.0. The van der Waals surface area contributed by atoms with E-state index in [4.69, 9.17) is 16.6 Å². The van der Waals surface area contributed by atoms with Crippen LogP contribution in [-0.2, 0) is 30.7 Å². The Morgan fingerprint density at radius 1 is 1.00 bits per heavy atom. The van der Waals surface area contributed by atoms with Gasteiger partial charge in [-0.25, -0.2) is 9.78 Å². The Bertz CT molecular complexity index is 1690. The topological polar surface area (TPSA) is 86.6 Å². The first-order valence-electron chi connectivity index (χ1n) is 17.4. The van der Waals surface area contributed by atoms with E-state index in [0.717, 1.165) is 59.8 Å². The van der Waals surface area contributed by atoms with Gasteiger partial charge in [0.2, 0.25) is 5.91 Å². The molecular weight excluding hydrogens is 702 g/mol. The molecule has 256 valence electrons. The lowest BCUT2D eigenvalue weighted by Gasteiger charge is -2.45. The largest absolute Gasteiger partial charge is 0.336 e. The Morgan fingerprint density at radius 3 is 2.61 bits per heavy atom. The van der Waals surface area contributed by atoms with Gasteiger partial charge in [0.05, 0.1) is 18.1 Å². The van der Waals surface area contributed by atoms with E-state index in [-0.39, 0.29) is 24.0 Å². The summed E-state index contributed by atoms with van der Waals surface area (Å²) in [6.07, 6.45) is 14.4. The van der Waals surface area contributed by atoms with Crippen LogP contribution in [0.2, 0.25) is 5.02 Å². The Labute approximate surface area is 301 Å². The van der Waals surface area contributed by atoms with E-state index in [2.05, 4.69) is 49.3 Å². The SMILES string of the molecule is O=C([C@H]1CN([C@H]2c3ccc(Cl)cc3CCc3cc(Br)cnc32)CCN1C(=O)NC1CCCCC1)N(CCn1ccnc1)Cc1ccccc1. The van der Waals surface area contributed by atoms with Crippen LogP contribution in [0.1, 0.15) is 66.1 Å². The number of amides is 3. The van der Waals surface area contributed by atoms with Crippen LogP contribution in [0, 0.1) is 0 Å². The van der Waals surface area contributed by atoms with Gasteiger partial charge in [-0.1, -0.05) is 67.3 Å². The van der Waals surface area contributed by atoms with Gasteiger partial charge in [0.25, 0.3) is 0 Å². The molecule has 0 bridgehead atoms. The van der Waals surface area contributed by atoms with Crippen molar-refractivity contribution in [3.8, 4) is 0 Å². The minimum atomic E-state index is -0.679. The number of aryl methyl sites for hydroxylation is 2. The Kier molecular flexibility index (Phi) is 10.6. The molecule has 4 aromatic rings. The maximum absolute atomic E-state index is 15.0. The number of carbonyl (C=O) groups is 2. The van der Waals surface area contributed by atoms with Crippen LogP contribution < -0.4 is 5.32 Å². The lowest BCUT2D eigenvalue weighted by Crippen LogP contribution is -2.64. The summed E-state index contributed by atoms with van der Waals surface area (Å²) in [7, 11) is 0. The van der Waals surface area contributed by atoms with Crippen molar-refractivity contribution in [1.29, 1.82) is 0 Å². The highest BCUT2D eigenvalue weighted by atomic mass is 79.9. The number of hydrogen-bond donors (Lipinski definition) is 1. The van der Waals surface area contributed by atoms with Crippen LogP contribution in [-0.4, -0.2) is 79.4 Å². The van der Waals surface area contributed by atoms with E-state index in [1.807, 2.05) is 58.3 Å². The molecule has 7 rings (SSSR count). The number of halogens is 2. The van der Waals surface area contributed by atoms with E-state index >= 15 is 0 Å². The highest BCUT2D eigenvalue weighted by Crippen LogP contribution is 2.39. The van der Waals surface area contributed by atoms with Crippen molar-refractivity contribution in [3.05, 3.63) is 117 Å². The molecule has 3 amide bonds. The number of hydrogen-bond acceptors (Lipinski definition) is 5. The molecule has 11 heteroatoms. The first kappa shape index (κ1) is 33.8. The zero-order valence-electron chi connectivity index (χ0n) is 27.7. The number of fused-ring (bicyclic) bond motifs is 2. The number of carbonyl (C=O) groups excluding carboxylic acids is 2. The molecule has 0 radical (unpaired) electrons. The van der Waals surface area contributed by atoms with Gasteiger partial charge in [-0.15, -0.1) is 0 Å². The number of urea groups is 1. The summed E-state index contributed by atoms with van der Waals surface area (Å²) in [4.78, 5) is 44.3. The fraction of sp³-hybridized carbons (Fsp3) is 0.421. The van der Waals surface area contributed by atoms with Crippen molar-refractivity contribution in [1.82, 2.24) is 34.6 Å². The lowest BCUT2D eigenvalue weighted by atomic mass is 9.94. The molecule has 0 unspecified atom stereocenters. The molecule has 2 aromatic heterocycles. The smallest absolute Gasteiger partial charge is 0.318 e. The normalized spacial score (nSPS) is 19.8. The number of nitrogens with one attached hydrogen (secondary N) is 1. The Hall–Kier alpha value is -3.73. The van der Waals surface area contributed by atoms with Crippen molar-refractivity contribution < 1.29 is 9.59 Å². The summed E-state index contributed by atoms with van der Waals surface area (Å²) in [5.74, 6) is -0.0543. The second-order valence-corrected chi connectivity index (χ2v) is 14.8. The summed E-state index contributed by atoms with van der Waals surface area (Å²) in [5, 5.41) is 4.03. The quantitative estimate of drug-likeness (QED) is 0.219. The molecule has 49 heavy (non-hydrogen) atoms. The average molecular weight is 745 g/mol. The molecule has 2 aromatic carbocycles. The van der Waals surface area contributed by atoms with E-state index in [1.165, 1.54) is 17.5 Å². The summed E-state index contributed by atoms with van der Waals surface area (Å²) < 4.78 is 2.93. The van der Waals surface area contributed by atoms with Gasteiger partial charge in [-0.3, -0.25) is 14.7 Å². The van der Waals surface area contributed by atoms with Crippen molar-refractivity contribution >= 4 is 39.5 Å². The molecule has 2 fully saturated rings. The molecule has 3 heterocycles. The van der Waals surface area contributed by atoms with Gasteiger partial charge >= 0.3 is 6.03 Å². The summed E-state index contributed by atoms with van der Waals surface area (Å²) >= 11 is 10.2. The lowest BCUT2D eigenvalue weighted by molar-refractivity contribution is -0.139. The van der Waals surface area contributed by atoms with Gasteiger partial charge in [-0.05, 0) is 82.1 Å². The number of aromatic nitrogens is 3. The van der Waals surface area contributed by atoms with Crippen LogP contribution in [0.3, 0.4) is 0 Å². The number of imidazole rings is 1. The first-order chi connectivity index (χ1) is 23.9. The molecule has 1 saturated heterocycles. The second-order valence-electron chi connectivity index (χ2n) is 13.5. The van der Waals surface area contributed by atoms with Gasteiger partial charge in [-0.2, -0.15) is 0 Å². The van der Waals surface area contributed by atoms with E-state index in [9.17, 15) is 9.59 Å². The van der Waals surface area contributed by atoms with Crippen molar-refractivity contribution in [3.63, 3.8) is 0 Å². The van der Waals surface area contributed by atoms with Gasteiger partial charge in [0, 0.05) is 73.4 Å². The number of rotatable bonds is 8. The summed E-state index contributed by atoms with van der Waals surface area (Å²) in [6, 6.07) is 17.5. The summed E-state index contributed by atoms with van der Waals surface area (Å²) in [6.45, 7) is 2.97. The molecule has 2 aliphatic carbocycles. The van der Waals surface area contributed by atoms with Crippen LogP contribution in [0.5, 0.6) is 0 Å². The highest BCUT2D eigenvalue weighted by Gasteiger charge is 2.42. The van der Waals surface area contributed by atoms with Gasteiger partial charge in [0.15, 0.2) is 0 Å². The Balaban J connectivity index is 1.24. The molecule has 0 spiro atoms. The fourth-order valence-electron chi connectivity index (χ4n) is 7.72. The standard InChI is InChI=1S/C38H43BrClN7O2/c39-30-21-29-12-11-28-22-31(40)13-14-33(28)36(35(29)42-23-30)45-19-20-47(38(49)43-32-9-5-2-6-10-32)34(25-45)37(48)46(18-17-44-16-15-41-26-44)24-27-7-3-1-4-8-27/h1,3-4,7-8,13-16,21-23,26,32,34,36H,2,5-6,9-12,17-20,24-25H2,(H,43,49)/t34-,36+/m1/s1. The minimum absolute atomic E-state index is 0.0543. The molecule has 1 N–H and O–H groups in total. The molecule has 1 saturated carbocycles. The third kappa shape index (κ3) is 7.87. The van der Waals surface area contributed by atoms with Crippen LogP contribution in [0.25, 0.3) is 0 Å². The molecular formula is C38H43BrClN7O2. The van der Waals surface area contributed by atoms with Crippen LogP contribution >= 0.6 is 27.5 Å². The van der Waals surface area contributed by atoms with Crippen molar-refractivity contribution in [2.75, 3.05) is 26.2 Å². The van der Waals surface area contributed by atoms with E-state index in [0.29, 0.717) is 44.3 Å². The van der Waals surface area contributed by atoms with Crippen molar-refractivity contribution in [2.45, 2.75) is 76.2 Å². The van der Waals surface area contributed by atoms with Gasteiger partial charge < -0.3 is 19.7 Å². The third-order valence-corrected chi connectivity index (χ3v) is 10.9. The zero-order valence-corrected chi connectivity index (χ0v) is 30.0. The zero-order chi connectivity index (χ0) is 33.7. The number of nitrogens with zero attached hydrogens (tertiary/aromatic N) is 6. The summed E-state index contributed by atoms with van der Waals surface area (Å²) in [5.41, 5.74) is 5.57. The molecule has 3 aliphatic rings. The number of benzene rings is 2. The van der Waals surface area contributed by atoms with Crippen LogP contribution in [0.4, 0.5) is 4.79 Å². The Morgan fingerprint density at radius 2 is 1.82 bits per heavy atom. The van der Waals surface area contributed by atoms with E-state index < -0.39 is 6.04 Å². The van der Waals surface area contributed by atoms with Crippen LogP contribution in [0.15, 0.2) is 84.0 Å². The second kappa shape index (κ2) is 15.4.